The predicted octanol–water partition coefficient (Wildman–Crippen LogP) is 4.73. The predicted molar refractivity (Wildman–Crippen MR) is 139 cm³/mol. The van der Waals surface area contributed by atoms with Gasteiger partial charge in [0.05, 0.1) is 16.9 Å². The van der Waals surface area contributed by atoms with Gasteiger partial charge in [-0.3, -0.25) is 14.4 Å². The lowest BCUT2D eigenvalue weighted by atomic mass is 10.0. The molecule has 0 aliphatic carbocycles. The number of thiazole rings is 1. The van der Waals surface area contributed by atoms with E-state index in [1.54, 1.807) is 16.1 Å². The summed E-state index contributed by atoms with van der Waals surface area (Å²) in [6.07, 6.45) is 1.69. The lowest BCUT2D eigenvalue weighted by molar-refractivity contribution is -0.123. The van der Waals surface area contributed by atoms with E-state index in [0.717, 1.165) is 40.1 Å². The van der Waals surface area contributed by atoms with Crippen molar-refractivity contribution < 1.29 is 22.0 Å². The quantitative estimate of drug-likeness (QED) is 0.323. The summed E-state index contributed by atoms with van der Waals surface area (Å²) in [5.74, 6) is -1.99. The summed E-state index contributed by atoms with van der Waals surface area (Å²) < 4.78 is 58.6. The van der Waals surface area contributed by atoms with E-state index in [2.05, 4.69) is 10.1 Å². The zero-order valence-corrected chi connectivity index (χ0v) is 22.7. The maximum absolute atomic E-state index is 14.5. The van der Waals surface area contributed by atoms with Crippen molar-refractivity contribution in [3.63, 3.8) is 0 Å². The van der Waals surface area contributed by atoms with E-state index in [9.17, 15) is 22.0 Å². The highest BCUT2D eigenvalue weighted by Crippen LogP contribution is 2.34. The fourth-order valence-corrected chi connectivity index (χ4v) is 8.41. The smallest absolute Gasteiger partial charge is 0.253 e. The second-order valence-corrected chi connectivity index (χ2v) is 13.0. The van der Waals surface area contributed by atoms with Crippen molar-refractivity contribution in [3.05, 3.63) is 58.7 Å². The van der Waals surface area contributed by atoms with Gasteiger partial charge in [-0.2, -0.15) is 9.40 Å². The fraction of sp³-hybridized carbons (Fsp3) is 0.375. The highest BCUT2D eigenvalue weighted by Gasteiger charge is 2.41. The monoisotopic (exact) mass is 565 g/mol. The van der Waals surface area contributed by atoms with Gasteiger partial charge in [0.1, 0.15) is 21.6 Å². The average molecular weight is 566 g/mol. The Morgan fingerprint density at radius 1 is 1.22 bits per heavy atom. The Kier molecular flexibility index (Phi) is 7.14. The zero-order valence-electron chi connectivity index (χ0n) is 20.2. The number of rotatable bonds is 7. The molecule has 1 atom stereocenters. The van der Waals surface area contributed by atoms with Crippen LogP contribution in [0.3, 0.4) is 0 Å². The van der Waals surface area contributed by atoms with Crippen LogP contribution >= 0.6 is 22.7 Å². The molecular formula is C24H25F2N5O3S3. The summed E-state index contributed by atoms with van der Waals surface area (Å²) in [6.45, 7) is 4.45. The normalized spacial score (nSPS) is 16.9. The maximum Gasteiger partial charge on any atom is 0.253 e. The first-order chi connectivity index (χ1) is 17.6. The van der Waals surface area contributed by atoms with Crippen molar-refractivity contribution in [3.8, 4) is 0 Å². The van der Waals surface area contributed by atoms with Crippen LogP contribution in [0.2, 0.25) is 0 Å². The number of carbonyl (C=O) groups is 1. The van der Waals surface area contributed by atoms with Gasteiger partial charge in [0.15, 0.2) is 10.9 Å². The molecule has 4 heterocycles. The van der Waals surface area contributed by atoms with Crippen molar-refractivity contribution in [2.45, 2.75) is 49.9 Å². The molecule has 1 amide bonds. The highest BCUT2D eigenvalue weighted by molar-refractivity contribution is 7.91. The number of nitrogens with zero attached hydrogens (tertiary/aromatic N) is 5. The number of aryl methyl sites for hydroxylation is 2. The lowest BCUT2D eigenvalue weighted by Crippen LogP contribution is -2.53. The Hall–Kier alpha value is -2.74. The van der Waals surface area contributed by atoms with E-state index >= 15 is 0 Å². The van der Waals surface area contributed by atoms with Gasteiger partial charge in [0, 0.05) is 24.8 Å². The van der Waals surface area contributed by atoms with Gasteiger partial charge >= 0.3 is 0 Å². The standard InChI is InChI=1S/C24H25F2N5O3S3/c1-15-12-16(2)30(28-15)10-9-29(24-27-22-18(26)13-17(25)14-20(22)36-24)23(32)19-6-3-4-8-31(19)37(33,34)21-7-5-11-35-21/h5,7,11-14,19H,3-4,6,8-10H2,1-2H3. The van der Waals surface area contributed by atoms with Crippen LogP contribution in [-0.2, 0) is 21.4 Å². The van der Waals surface area contributed by atoms with Crippen LogP contribution in [0.25, 0.3) is 10.2 Å². The first kappa shape index (κ1) is 25.9. The minimum atomic E-state index is -3.88. The van der Waals surface area contributed by atoms with Crippen molar-refractivity contribution in [2.24, 2.45) is 0 Å². The van der Waals surface area contributed by atoms with Crippen LogP contribution in [0.4, 0.5) is 13.9 Å². The molecule has 1 aliphatic heterocycles. The number of anilines is 1. The van der Waals surface area contributed by atoms with Crippen LogP contribution < -0.4 is 4.90 Å². The maximum atomic E-state index is 14.5. The number of piperidine rings is 1. The summed E-state index contributed by atoms with van der Waals surface area (Å²) >= 11 is 2.10. The number of thiophene rings is 1. The topological polar surface area (TPSA) is 88.4 Å². The van der Waals surface area contributed by atoms with E-state index in [-0.39, 0.29) is 32.6 Å². The molecule has 1 fully saturated rings. The Bertz CT molecular complexity index is 1550. The number of halogens is 2. The van der Waals surface area contributed by atoms with E-state index in [4.69, 9.17) is 0 Å². The second kappa shape index (κ2) is 10.2. The number of benzene rings is 1. The fourth-order valence-electron chi connectivity index (χ4n) is 4.60. The van der Waals surface area contributed by atoms with Gasteiger partial charge in [0.2, 0.25) is 5.91 Å². The third kappa shape index (κ3) is 5.05. The Morgan fingerprint density at radius 2 is 2.03 bits per heavy atom. The Labute approximate surface area is 221 Å². The van der Waals surface area contributed by atoms with Crippen LogP contribution in [0, 0.1) is 25.5 Å². The van der Waals surface area contributed by atoms with E-state index in [1.165, 1.54) is 21.3 Å². The summed E-state index contributed by atoms with van der Waals surface area (Å²) in [7, 11) is -3.88. The average Bonchev–Trinajstić information content (AvgIpc) is 3.60. The molecular weight excluding hydrogens is 540 g/mol. The number of carbonyl (C=O) groups excluding carboxylic acids is 1. The first-order valence-corrected chi connectivity index (χ1v) is 14.9. The first-order valence-electron chi connectivity index (χ1n) is 11.8. The summed E-state index contributed by atoms with van der Waals surface area (Å²) in [5, 5.41) is 6.32. The summed E-state index contributed by atoms with van der Waals surface area (Å²) in [4.78, 5) is 19.8. The van der Waals surface area contributed by atoms with Crippen molar-refractivity contribution in [1.29, 1.82) is 0 Å². The minimum absolute atomic E-state index is 0.0305. The van der Waals surface area contributed by atoms with Crippen molar-refractivity contribution in [2.75, 3.05) is 18.0 Å². The van der Waals surface area contributed by atoms with Crippen LogP contribution in [-0.4, -0.2) is 52.5 Å². The lowest BCUT2D eigenvalue weighted by Gasteiger charge is -2.35. The minimum Gasteiger partial charge on any atom is -0.285 e. The van der Waals surface area contributed by atoms with Gasteiger partial charge in [-0.05, 0) is 50.3 Å². The molecule has 1 aromatic carbocycles. The molecule has 0 spiro atoms. The van der Waals surface area contributed by atoms with Gasteiger partial charge in [-0.1, -0.05) is 23.8 Å². The number of sulfonamides is 1. The van der Waals surface area contributed by atoms with E-state index < -0.39 is 33.6 Å². The summed E-state index contributed by atoms with van der Waals surface area (Å²) in [5.41, 5.74) is 1.70. The van der Waals surface area contributed by atoms with E-state index in [1.807, 2.05) is 19.9 Å². The molecule has 196 valence electrons. The van der Waals surface area contributed by atoms with Gasteiger partial charge in [-0.15, -0.1) is 11.3 Å². The Morgan fingerprint density at radius 3 is 2.73 bits per heavy atom. The van der Waals surface area contributed by atoms with Crippen LogP contribution in [0.15, 0.2) is 39.9 Å². The van der Waals surface area contributed by atoms with Crippen molar-refractivity contribution in [1.82, 2.24) is 19.1 Å². The molecule has 1 unspecified atom stereocenters. The molecule has 0 N–H and O–H groups in total. The molecule has 3 aromatic heterocycles. The van der Waals surface area contributed by atoms with Crippen LogP contribution in [0.5, 0.6) is 0 Å². The Balaban J connectivity index is 1.53. The molecule has 5 rings (SSSR count). The van der Waals surface area contributed by atoms with Gasteiger partial charge in [-0.25, -0.2) is 22.2 Å². The SMILES string of the molecule is Cc1cc(C)n(CCN(C(=O)C2CCCCN2S(=O)(=O)c2cccs2)c2nc3c(F)cc(F)cc3s2)n1. The second-order valence-electron chi connectivity index (χ2n) is 8.93. The zero-order chi connectivity index (χ0) is 26.3. The molecule has 0 bridgehead atoms. The molecule has 1 saturated heterocycles. The number of amides is 1. The summed E-state index contributed by atoms with van der Waals surface area (Å²) in [6, 6.07) is 6.10. The number of fused-ring (bicyclic) bond motifs is 1. The molecule has 1 aliphatic rings. The van der Waals surface area contributed by atoms with E-state index in [0.29, 0.717) is 25.8 Å². The molecule has 0 saturated carbocycles. The molecule has 0 radical (unpaired) electrons. The van der Waals surface area contributed by atoms with Crippen molar-refractivity contribution >= 4 is 54.0 Å². The molecule has 37 heavy (non-hydrogen) atoms. The highest BCUT2D eigenvalue weighted by atomic mass is 32.2. The number of hydrogen-bond donors (Lipinski definition) is 0. The molecule has 4 aromatic rings. The number of aromatic nitrogens is 3. The van der Waals surface area contributed by atoms with Gasteiger partial charge < -0.3 is 0 Å². The van der Waals surface area contributed by atoms with Crippen LogP contribution in [0.1, 0.15) is 30.7 Å². The number of hydrogen-bond acceptors (Lipinski definition) is 7. The van der Waals surface area contributed by atoms with Gasteiger partial charge in [0.25, 0.3) is 10.0 Å². The molecule has 13 heteroatoms. The third-order valence-corrected chi connectivity index (χ3v) is 10.6. The molecule has 8 nitrogen and oxygen atoms in total. The largest absolute Gasteiger partial charge is 0.285 e. The third-order valence-electron chi connectivity index (χ3n) is 6.33.